The molecule has 0 aromatic heterocycles. The average molecular weight is 265 g/mol. The van der Waals surface area contributed by atoms with Crippen LogP contribution in [0.1, 0.15) is 39.5 Å². The number of nitrogens with one attached hydrogen (secondary N) is 1. The number of piperidine rings is 1. The molecular weight excluding hydrogens is 234 g/mol. The standard InChI is InChI=1S/C16H31N3/c1-13(2)16(19-7-3-4-8-19)11-17-15-6-10-18-9-5-14(15)12-18/h13-17H,3-12H2,1-2H3. The zero-order valence-corrected chi connectivity index (χ0v) is 12.8. The number of rotatable bonds is 5. The maximum atomic E-state index is 3.94. The summed E-state index contributed by atoms with van der Waals surface area (Å²) in [6, 6.07) is 1.55. The summed E-state index contributed by atoms with van der Waals surface area (Å²) in [7, 11) is 0. The fourth-order valence-electron chi connectivity index (χ4n) is 4.35. The summed E-state index contributed by atoms with van der Waals surface area (Å²) in [6.07, 6.45) is 5.61. The van der Waals surface area contributed by atoms with E-state index >= 15 is 0 Å². The molecule has 3 heterocycles. The Hall–Kier alpha value is -0.120. The number of nitrogens with zero attached hydrogens (tertiary/aromatic N) is 2. The Bertz CT molecular complexity index is 286. The molecule has 0 amide bonds. The van der Waals surface area contributed by atoms with E-state index in [0.717, 1.165) is 23.9 Å². The molecule has 3 fully saturated rings. The van der Waals surface area contributed by atoms with E-state index in [2.05, 4.69) is 29.0 Å². The fourth-order valence-corrected chi connectivity index (χ4v) is 4.35. The van der Waals surface area contributed by atoms with E-state index in [4.69, 9.17) is 0 Å². The molecule has 4 unspecified atom stereocenters. The van der Waals surface area contributed by atoms with Gasteiger partial charge in [-0.3, -0.25) is 4.90 Å². The summed E-state index contributed by atoms with van der Waals surface area (Å²) in [6.45, 7) is 12.7. The van der Waals surface area contributed by atoms with Crippen molar-refractivity contribution in [1.82, 2.24) is 15.1 Å². The second-order valence-corrected chi connectivity index (χ2v) is 7.21. The van der Waals surface area contributed by atoms with E-state index < -0.39 is 0 Å². The van der Waals surface area contributed by atoms with Crippen LogP contribution < -0.4 is 5.32 Å². The van der Waals surface area contributed by atoms with Crippen molar-refractivity contribution in [2.24, 2.45) is 11.8 Å². The van der Waals surface area contributed by atoms with Crippen molar-refractivity contribution in [3.63, 3.8) is 0 Å². The van der Waals surface area contributed by atoms with Crippen molar-refractivity contribution >= 4 is 0 Å². The average Bonchev–Trinajstić information content (AvgIpc) is 3.02. The highest BCUT2D eigenvalue weighted by molar-refractivity contribution is 4.92. The van der Waals surface area contributed by atoms with Crippen molar-refractivity contribution < 1.29 is 0 Å². The van der Waals surface area contributed by atoms with Crippen molar-refractivity contribution in [2.75, 3.05) is 39.3 Å². The molecule has 3 aliphatic rings. The van der Waals surface area contributed by atoms with Crippen LogP contribution in [-0.2, 0) is 0 Å². The maximum Gasteiger partial charge on any atom is 0.0243 e. The molecule has 3 heteroatoms. The third kappa shape index (κ3) is 3.14. The van der Waals surface area contributed by atoms with Crippen LogP contribution in [-0.4, -0.2) is 61.2 Å². The van der Waals surface area contributed by atoms with Crippen molar-refractivity contribution in [1.29, 1.82) is 0 Å². The van der Waals surface area contributed by atoms with E-state index in [-0.39, 0.29) is 0 Å². The molecule has 0 radical (unpaired) electrons. The Morgan fingerprint density at radius 3 is 2.53 bits per heavy atom. The second-order valence-electron chi connectivity index (χ2n) is 7.21. The normalized spacial score (nSPS) is 37.1. The zero-order valence-electron chi connectivity index (χ0n) is 12.8. The third-order valence-electron chi connectivity index (χ3n) is 5.60. The summed E-state index contributed by atoms with van der Waals surface area (Å²) in [5.41, 5.74) is 0. The molecule has 3 rings (SSSR count). The van der Waals surface area contributed by atoms with Crippen LogP contribution >= 0.6 is 0 Å². The smallest absolute Gasteiger partial charge is 0.0243 e. The first-order valence-electron chi connectivity index (χ1n) is 8.44. The van der Waals surface area contributed by atoms with Crippen LogP contribution in [0.3, 0.4) is 0 Å². The number of likely N-dealkylation sites (tertiary alicyclic amines) is 1. The van der Waals surface area contributed by atoms with Gasteiger partial charge in [-0.1, -0.05) is 13.8 Å². The summed E-state index contributed by atoms with van der Waals surface area (Å²) in [5.74, 6) is 1.70. The van der Waals surface area contributed by atoms with Crippen LogP contribution in [0.15, 0.2) is 0 Å². The van der Waals surface area contributed by atoms with Gasteiger partial charge in [0.15, 0.2) is 0 Å². The minimum Gasteiger partial charge on any atom is -0.312 e. The Balaban J connectivity index is 1.51. The van der Waals surface area contributed by atoms with Gasteiger partial charge in [0.25, 0.3) is 0 Å². The molecule has 0 aromatic carbocycles. The lowest BCUT2D eigenvalue weighted by Gasteiger charge is -2.36. The monoisotopic (exact) mass is 265 g/mol. The van der Waals surface area contributed by atoms with Gasteiger partial charge < -0.3 is 10.2 Å². The molecule has 0 aliphatic carbocycles. The van der Waals surface area contributed by atoms with E-state index in [9.17, 15) is 0 Å². The zero-order chi connectivity index (χ0) is 13.2. The summed E-state index contributed by atoms with van der Waals surface area (Å²) >= 11 is 0. The summed E-state index contributed by atoms with van der Waals surface area (Å²) < 4.78 is 0. The fraction of sp³-hybridized carbons (Fsp3) is 1.00. The quantitative estimate of drug-likeness (QED) is 0.817. The third-order valence-corrected chi connectivity index (χ3v) is 5.60. The molecule has 0 aromatic rings. The van der Waals surface area contributed by atoms with E-state index in [0.29, 0.717) is 0 Å². The van der Waals surface area contributed by atoms with Crippen LogP contribution in [0.5, 0.6) is 0 Å². The largest absolute Gasteiger partial charge is 0.312 e. The second kappa shape index (κ2) is 6.11. The first-order chi connectivity index (χ1) is 9.24. The molecule has 1 N–H and O–H groups in total. The maximum absolute atomic E-state index is 3.94. The van der Waals surface area contributed by atoms with Gasteiger partial charge in [0.2, 0.25) is 0 Å². The van der Waals surface area contributed by atoms with Crippen molar-refractivity contribution in [3.05, 3.63) is 0 Å². The summed E-state index contributed by atoms with van der Waals surface area (Å²) in [5, 5.41) is 3.94. The van der Waals surface area contributed by atoms with Gasteiger partial charge in [-0.25, -0.2) is 0 Å². The summed E-state index contributed by atoms with van der Waals surface area (Å²) in [4.78, 5) is 5.37. The van der Waals surface area contributed by atoms with Gasteiger partial charge in [0, 0.05) is 25.2 Å². The van der Waals surface area contributed by atoms with E-state index in [1.54, 1.807) is 0 Å². The van der Waals surface area contributed by atoms with Crippen LogP contribution in [0.2, 0.25) is 0 Å². The highest BCUT2D eigenvalue weighted by atomic mass is 15.2. The SMILES string of the molecule is CC(C)C(CNC1CCN2CCC1C2)N1CCCC1. The lowest BCUT2D eigenvalue weighted by atomic mass is 9.93. The molecule has 2 bridgehead atoms. The Morgan fingerprint density at radius 1 is 1.05 bits per heavy atom. The Labute approximate surface area is 118 Å². The number of fused-ring (bicyclic) bond motifs is 2. The van der Waals surface area contributed by atoms with Gasteiger partial charge in [-0.05, 0) is 63.7 Å². The minimum atomic E-state index is 0.752. The van der Waals surface area contributed by atoms with Gasteiger partial charge >= 0.3 is 0 Å². The highest BCUT2D eigenvalue weighted by Gasteiger charge is 2.34. The highest BCUT2D eigenvalue weighted by Crippen LogP contribution is 2.27. The van der Waals surface area contributed by atoms with Crippen LogP contribution in [0.4, 0.5) is 0 Å². The van der Waals surface area contributed by atoms with Crippen molar-refractivity contribution in [3.8, 4) is 0 Å². The van der Waals surface area contributed by atoms with Crippen LogP contribution in [0.25, 0.3) is 0 Å². The first-order valence-corrected chi connectivity index (χ1v) is 8.44. The van der Waals surface area contributed by atoms with Gasteiger partial charge in [0.05, 0.1) is 0 Å². The Morgan fingerprint density at radius 2 is 1.79 bits per heavy atom. The topological polar surface area (TPSA) is 18.5 Å². The molecule has 3 nitrogen and oxygen atoms in total. The van der Waals surface area contributed by atoms with Gasteiger partial charge in [-0.2, -0.15) is 0 Å². The predicted octanol–water partition coefficient (Wildman–Crippen LogP) is 1.79. The predicted molar refractivity (Wildman–Crippen MR) is 80.4 cm³/mol. The molecule has 0 spiro atoms. The minimum absolute atomic E-state index is 0.752. The van der Waals surface area contributed by atoms with Crippen LogP contribution in [0, 0.1) is 11.8 Å². The molecule has 3 saturated heterocycles. The lowest BCUT2D eigenvalue weighted by molar-refractivity contribution is 0.163. The number of hydrogen-bond donors (Lipinski definition) is 1. The molecule has 19 heavy (non-hydrogen) atoms. The molecule has 0 saturated carbocycles. The van der Waals surface area contributed by atoms with E-state index in [1.807, 2.05) is 0 Å². The molecule has 4 atom stereocenters. The van der Waals surface area contributed by atoms with Gasteiger partial charge in [0.1, 0.15) is 0 Å². The molecule has 110 valence electrons. The lowest BCUT2D eigenvalue weighted by Crippen LogP contribution is -2.50. The first kappa shape index (κ1) is 13.8. The van der Waals surface area contributed by atoms with Crippen molar-refractivity contribution in [2.45, 2.75) is 51.6 Å². The number of hydrogen-bond acceptors (Lipinski definition) is 3. The Kier molecular flexibility index (Phi) is 4.45. The molecular formula is C16H31N3. The molecule has 3 aliphatic heterocycles. The van der Waals surface area contributed by atoms with Gasteiger partial charge in [-0.15, -0.1) is 0 Å². The van der Waals surface area contributed by atoms with E-state index in [1.165, 1.54) is 65.0 Å².